The molecule has 1 aromatic rings. The van der Waals surface area contributed by atoms with E-state index >= 15 is 0 Å². The summed E-state index contributed by atoms with van der Waals surface area (Å²) in [6, 6.07) is 3.68. The van der Waals surface area contributed by atoms with Crippen molar-refractivity contribution >= 4 is 5.82 Å². The highest BCUT2D eigenvalue weighted by Gasteiger charge is 2.19. The van der Waals surface area contributed by atoms with Crippen molar-refractivity contribution in [2.75, 3.05) is 24.6 Å². The molecule has 0 atom stereocenters. The molecule has 0 radical (unpaired) electrons. The summed E-state index contributed by atoms with van der Waals surface area (Å²) in [5, 5.41) is 25.9. The lowest BCUT2D eigenvalue weighted by molar-refractivity contribution is 0.202. The monoisotopic (exact) mass is 223 g/mol. The van der Waals surface area contributed by atoms with E-state index in [1.807, 2.05) is 6.07 Å². The molecule has 0 unspecified atom stereocenters. The van der Waals surface area contributed by atoms with Crippen LogP contribution in [0.25, 0.3) is 0 Å². The Morgan fingerprint density at radius 2 is 1.94 bits per heavy atom. The Hall–Kier alpha value is -1.20. The lowest BCUT2D eigenvalue weighted by Crippen LogP contribution is -2.35. The van der Waals surface area contributed by atoms with Gasteiger partial charge in [0.25, 0.3) is 0 Å². The molecule has 1 saturated heterocycles. The fourth-order valence-electron chi connectivity index (χ4n) is 1.95. The first-order valence-corrected chi connectivity index (χ1v) is 5.62. The Labute approximate surface area is 94.7 Å². The second-order valence-electron chi connectivity index (χ2n) is 4.15. The SMILES string of the molecule is OCc1ccc(N2CCC(CO)CC2)nn1. The molecular weight excluding hydrogens is 206 g/mol. The molecule has 2 rings (SSSR count). The average Bonchev–Trinajstić information content (AvgIpc) is 2.39. The van der Waals surface area contributed by atoms with E-state index in [2.05, 4.69) is 15.1 Å². The number of hydrogen-bond acceptors (Lipinski definition) is 5. The van der Waals surface area contributed by atoms with E-state index in [0.29, 0.717) is 11.6 Å². The van der Waals surface area contributed by atoms with Crippen LogP contribution in [0.1, 0.15) is 18.5 Å². The predicted octanol–water partition coefficient (Wildman–Crippen LogP) is 0.178. The van der Waals surface area contributed by atoms with Crippen molar-refractivity contribution < 1.29 is 10.2 Å². The normalized spacial score (nSPS) is 17.8. The van der Waals surface area contributed by atoms with Gasteiger partial charge in [-0.3, -0.25) is 0 Å². The Balaban J connectivity index is 1.97. The molecule has 2 N–H and O–H groups in total. The third-order valence-electron chi connectivity index (χ3n) is 3.06. The summed E-state index contributed by atoms with van der Waals surface area (Å²) >= 11 is 0. The van der Waals surface area contributed by atoms with E-state index < -0.39 is 0 Å². The minimum atomic E-state index is -0.0696. The molecule has 0 saturated carbocycles. The van der Waals surface area contributed by atoms with Gasteiger partial charge in [-0.25, -0.2) is 0 Å². The zero-order valence-corrected chi connectivity index (χ0v) is 9.21. The zero-order valence-electron chi connectivity index (χ0n) is 9.21. The highest BCUT2D eigenvalue weighted by molar-refractivity contribution is 5.37. The van der Waals surface area contributed by atoms with Gasteiger partial charge in [0.2, 0.25) is 0 Å². The zero-order chi connectivity index (χ0) is 11.4. The molecule has 0 aliphatic carbocycles. The molecular formula is C11H17N3O2. The summed E-state index contributed by atoms with van der Waals surface area (Å²) in [4.78, 5) is 2.17. The van der Waals surface area contributed by atoms with E-state index in [9.17, 15) is 0 Å². The van der Waals surface area contributed by atoms with Crippen LogP contribution in [0.15, 0.2) is 12.1 Å². The maximum atomic E-state index is 9.04. The van der Waals surface area contributed by atoms with E-state index in [0.717, 1.165) is 31.7 Å². The molecule has 16 heavy (non-hydrogen) atoms. The third-order valence-corrected chi connectivity index (χ3v) is 3.06. The molecule has 0 amide bonds. The number of aromatic nitrogens is 2. The van der Waals surface area contributed by atoms with Crippen molar-refractivity contribution in [3.63, 3.8) is 0 Å². The van der Waals surface area contributed by atoms with Crippen LogP contribution in [0, 0.1) is 5.92 Å². The van der Waals surface area contributed by atoms with Gasteiger partial charge in [0.15, 0.2) is 5.82 Å². The summed E-state index contributed by atoms with van der Waals surface area (Å²) in [6.45, 7) is 2.04. The van der Waals surface area contributed by atoms with Crippen LogP contribution in [0.4, 0.5) is 5.82 Å². The highest BCUT2D eigenvalue weighted by Crippen LogP contribution is 2.20. The fourth-order valence-corrected chi connectivity index (χ4v) is 1.95. The van der Waals surface area contributed by atoms with Gasteiger partial charge in [-0.05, 0) is 30.9 Å². The number of anilines is 1. The quantitative estimate of drug-likeness (QED) is 0.765. The van der Waals surface area contributed by atoms with Gasteiger partial charge in [0.05, 0.1) is 12.3 Å². The summed E-state index contributed by atoms with van der Waals surface area (Å²) < 4.78 is 0. The van der Waals surface area contributed by atoms with Crippen LogP contribution in [0.3, 0.4) is 0 Å². The first-order chi connectivity index (χ1) is 7.83. The molecule has 88 valence electrons. The van der Waals surface area contributed by atoms with Crippen molar-refractivity contribution in [2.45, 2.75) is 19.4 Å². The number of aliphatic hydroxyl groups is 2. The standard InChI is InChI=1S/C11H17N3O2/c15-7-9-3-5-14(6-4-9)11-2-1-10(8-16)12-13-11/h1-2,9,15-16H,3-8H2. The van der Waals surface area contributed by atoms with Gasteiger partial charge in [-0.1, -0.05) is 0 Å². The number of hydrogen-bond donors (Lipinski definition) is 2. The third kappa shape index (κ3) is 2.48. The van der Waals surface area contributed by atoms with Crippen molar-refractivity contribution in [1.82, 2.24) is 10.2 Å². The number of nitrogens with zero attached hydrogens (tertiary/aromatic N) is 3. The first-order valence-electron chi connectivity index (χ1n) is 5.62. The highest BCUT2D eigenvalue weighted by atomic mass is 16.3. The second-order valence-corrected chi connectivity index (χ2v) is 4.15. The first kappa shape index (κ1) is 11.3. The van der Waals surface area contributed by atoms with E-state index in [1.165, 1.54) is 0 Å². The van der Waals surface area contributed by atoms with Gasteiger partial charge in [-0.2, -0.15) is 5.10 Å². The lowest BCUT2D eigenvalue weighted by atomic mass is 9.98. The van der Waals surface area contributed by atoms with Crippen LogP contribution in [0.5, 0.6) is 0 Å². The Morgan fingerprint density at radius 3 is 2.44 bits per heavy atom. The molecule has 0 spiro atoms. The molecule has 1 aromatic heterocycles. The lowest BCUT2D eigenvalue weighted by Gasteiger charge is -2.31. The van der Waals surface area contributed by atoms with E-state index in [-0.39, 0.29) is 13.2 Å². The smallest absolute Gasteiger partial charge is 0.151 e. The van der Waals surface area contributed by atoms with E-state index in [4.69, 9.17) is 10.2 Å². The van der Waals surface area contributed by atoms with Crippen LogP contribution < -0.4 is 4.90 Å². The number of aliphatic hydroxyl groups excluding tert-OH is 2. The van der Waals surface area contributed by atoms with Crippen molar-refractivity contribution in [2.24, 2.45) is 5.92 Å². The van der Waals surface area contributed by atoms with Crippen molar-refractivity contribution in [3.8, 4) is 0 Å². The molecule has 5 nitrogen and oxygen atoms in total. The molecule has 0 bridgehead atoms. The number of piperidine rings is 1. The molecule has 1 aliphatic heterocycles. The average molecular weight is 223 g/mol. The molecule has 2 heterocycles. The van der Waals surface area contributed by atoms with Gasteiger partial charge >= 0.3 is 0 Å². The molecule has 0 aromatic carbocycles. The maximum Gasteiger partial charge on any atom is 0.151 e. The van der Waals surface area contributed by atoms with Gasteiger partial charge in [0, 0.05) is 19.7 Å². The van der Waals surface area contributed by atoms with Crippen molar-refractivity contribution in [3.05, 3.63) is 17.8 Å². The Bertz CT molecular complexity index is 321. The van der Waals surface area contributed by atoms with Gasteiger partial charge in [0.1, 0.15) is 0 Å². The Kier molecular flexibility index (Phi) is 3.69. The largest absolute Gasteiger partial charge is 0.396 e. The van der Waals surface area contributed by atoms with Crippen LogP contribution >= 0.6 is 0 Å². The Morgan fingerprint density at radius 1 is 1.19 bits per heavy atom. The van der Waals surface area contributed by atoms with Gasteiger partial charge in [-0.15, -0.1) is 5.10 Å². The van der Waals surface area contributed by atoms with Crippen LogP contribution in [-0.4, -0.2) is 40.1 Å². The minimum absolute atomic E-state index is 0.0696. The van der Waals surface area contributed by atoms with Crippen molar-refractivity contribution in [1.29, 1.82) is 0 Å². The molecule has 1 aliphatic rings. The second kappa shape index (κ2) is 5.23. The molecule has 5 heteroatoms. The topological polar surface area (TPSA) is 69.5 Å². The predicted molar refractivity (Wildman–Crippen MR) is 60.0 cm³/mol. The van der Waals surface area contributed by atoms with Gasteiger partial charge < -0.3 is 15.1 Å². The summed E-state index contributed by atoms with van der Waals surface area (Å²) in [6.07, 6.45) is 2.00. The fraction of sp³-hybridized carbons (Fsp3) is 0.636. The minimum Gasteiger partial charge on any atom is -0.396 e. The van der Waals surface area contributed by atoms with E-state index in [1.54, 1.807) is 6.07 Å². The number of rotatable bonds is 3. The summed E-state index contributed by atoms with van der Waals surface area (Å²) in [5.74, 6) is 1.29. The molecule has 1 fully saturated rings. The van der Waals surface area contributed by atoms with Crippen LogP contribution in [0.2, 0.25) is 0 Å². The summed E-state index contributed by atoms with van der Waals surface area (Å²) in [7, 11) is 0. The summed E-state index contributed by atoms with van der Waals surface area (Å²) in [5.41, 5.74) is 0.592. The maximum absolute atomic E-state index is 9.04. The van der Waals surface area contributed by atoms with Crippen LogP contribution in [-0.2, 0) is 6.61 Å².